The normalized spacial score (nSPS) is 19.5. The lowest BCUT2D eigenvalue weighted by Crippen LogP contribution is -2.31. The fraction of sp³-hybridized carbons (Fsp3) is 0.571. The van der Waals surface area contributed by atoms with E-state index in [1.165, 1.54) is 16.4 Å². The first-order valence-electron chi connectivity index (χ1n) is 6.77. The molecule has 0 spiro atoms. The molecule has 1 unspecified atom stereocenters. The van der Waals surface area contributed by atoms with Crippen molar-refractivity contribution >= 4 is 22.4 Å². The first-order chi connectivity index (χ1) is 9.36. The molecule has 21 heavy (non-hydrogen) atoms. The molecule has 1 aliphatic rings. The van der Waals surface area contributed by atoms with Crippen LogP contribution in [-0.4, -0.2) is 39.4 Å². The minimum atomic E-state index is -3.53. The molecule has 1 aliphatic heterocycles. The molecule has 1 aromatic rings. The Morgan fingerprint density at radius 1 is 1.33 bits per heavy atom. The van der Waals surface area contributed by atoms with Crippen molar-refractivity contribution < 1.29 is 12.8 Å². The topological polar surface area (TPSA) is 49.4 Å². The summed E-state index contributed by atoms with van der Waals surface area (Å²) in [7, 11) is -1.66. The molecule has 1 fully saturated rings. The van der Waals surface area contributed by atoms with Gasteiger partial charge in [0.2, 0.25) is 10.0 Å². The number of nitrogens with zero attached hydrogens (tertiary/aromatic N) is 1. The van der Waals surface area contributed by atoms with Crippen LogP contribution in [0.25, 0.3) is 0 Å². The van der Waals surface area contributed by atoms with Crippen LogP contribution >= 0.6 is 12.4 Å². The predicted molar refractivity (Wildman–Crippen MR) is 83.9 cm³/mol. The van der Waals surface area contributed by atoms with Gasteiger partial charge in [0.1, 0.15) is 5.82 Å². The number of halogens is 2. The quantitative estimate of drug-likeness (QED) is 0.916. The van der Waals surface area contributed by atoms with E-state index in [4.69, 9.17) is 0 Å². The van der Waals surface area contributed by atoms with Crippen LogP contribution in [0.5, 0.6) is 0 Å². The van der Waals surface area contributed by atoms with E-state index in [1.807, 2.05) is 7.05 Å². The van der Waals surface area contributed by atoms with Gasteiger partial charge in [-0.2, -0.15) is 4.31 Å². The van der Waals surface area contributed by atoms with Crippen molar-refractivity contribution in [1.82, 2.24) is 9.62 Å². The molecule has 4 nitrogen and oxygen atoms in total. The monoisotopic (exact) mass is 336 g/mol. The van der Waals surface area contributed by atoms with E-state index in [0.29, 0.717) is 30.1 Å². The Balaban J connectivity index is 0.00000220. The Hall–Kier alpha value is -0.690. The largest absolute Gasteiger partial charge is 0.319 e. The second-order valence-electron chi connectivity index (χ2n) is 5.44. The molecule has 1 saturated heterocycles. The highest BCUT2D eigenvalue weighted by atomic mass is 35.5. The summed E-state index contributed by atoms with van der Waals surface area (Å²) in [6.45, 7) is 5.16. The van der Waals surface area contributed by atoms with Crippen molar-refractivity contribution in [2.75, 3.05) is 26.7 Å². The standard InChI is InChI=1S/C14H21FN2O2S.ClH/c1-10-6-13(15)7-11(2)14(10)20(18,19)17-5-4-12(9-17)8-16-3;/h6-7,12,16H,4-5,8-9H2,1-3H3;1H. The van der Waals surface area contributed by atoms with Crippen LogP contribution in [0.4, 0.5) is 4.39 Å². The molecular weight excluding hydrogens is 315 g/mol. The average Bonchev–Trinajstić information content (AvgIpc) is 2.76. The minimum absolute atomic E-state index is 0. The third-order valence-corrected chi connectivity index (χ3v) is 5.94. The van der Waals surface area contributed by atoms with Crippen molar-refractivity contribution in [3.63, 3.8) is 0 Å². The van der Waals surface area contributed by atoms with Gasteiger partial charge in [-0.25, -0.2) is 12.8 Å². The fourth-order valence-corrected chi connectivity index (χ4v) is 4.85. The third kappa shape index (κ3) is 3.74. The lowest BCUT2D eigenvalue weighted by molar-refractivity contribution is 0.450. The maximum atomic E-state index is 13.3. The molecule has 7 heteroatoms. The van der Waals surface area contributed by atoms with Gasteiger partial charge in [0.25, 0.3) is 0 Å². The second-order valence-corrected chi connectivity index (χ2v) is 7.32. The highest BCUT2D eigenvalue weighted by Crippen LogP contribution is 2.28. The van der Waals surface area contributed by atoms with Gasteiger partial charge in [0.05, 0.1) is 4.90 Å². The SMILES string of the molecule is CNCC1CCN(S(=O)(=O)c2c(C)cc(F)cc2C)C1.Cl. The van der Waals surface area contributed by atoms with Gasteiger partial charge in [0.15, 0.2) is 0 Å². The van der Waals surface area contributed by atoms with Gasteiger partial charge in [-0.1, -0.05) is 0 Å². The van der Waals surface area contributed by atoms with Crippen LogP contribution in [-0.2, 0) is 10.0 Å². The second kappa shape index (κ2) is 7.05. The van der Waals surface area contributed by atoms with Crippen LogP contribution in [0.1, 0.15) is 17.5 Å². The maximum Gasteiger partial charge on any atom is 0.243 e. The zero-order valence-electron chi connectivity index (χ0n) is 12.5. The summed E-state index contributed by atoms with van der Waals surface area (Å²) < 4.78 is 40.3. The Morgan fingerprint density at radius 2 is 1.90 bits per heavy atom. The van der Waals surface area contributed by atoms with Crippen molar-refractivity contribution in [3.8, 4) is 0 Å². The molecule has 0 aliphatic carbocycles. The van der Waals surface area contributed by atoms with E-state index < -0.39 is 15.8 Å². The Morgan fingerprint density at radius 3 is 2.43 bits per heavy atom. The summed E-state index contributed by atoms with van der Waals surface area (Å²) in [6.07, 6.45) is 0.860. The molecule has 0 saturated carbocycles. The van der Waals surface area contributed by atoms with E-state index in [9.17, 15) is 12.8 Å². The summed E-state index contributed by atoms with van der Waals surface area (Å²) in [4.78, 5) is 0.254. The number of nitrogens with one attached hydrogen (secondary N) is 1. The fourth-order valence-electron chi connectivity index (χ4n) is 2.90. The third-order valence-electron chi connectivity index (χ3n) is 3.76. The first kappa shape index (κ1) is 18.4. The molecule has 1 heterocycles. The maximum absolute atomic E-state index is 13.3. The summed E-state index contributed by atoms with van der Waals surface area (Å²) in [5.41, 5.74) is 0.944. The summed E-state index contributed by atoms with van der Waals surface area (Å²) in [6, 6.07) is 2.56. The molecule has 0 amide bonds. The van der Waals surface area contributed by atoms with Crippen molar-refractivity contribution in [3.05, 3.63) is 29.1 Å². The number of sulfonamides is 1. The van der Waals surface area contributed by atoms with Crippen LogP contribution in [0, 0.1) is 25.6 Å². The number of rotatable bonds is 4. The lowest BCUT2D eigenvalue weighted by atomic mass is 10.1. The molecule has 0 aromatic heterocycles. The summed E-state index contributed by atoms with van der Waals surface area (Å²) in [5.74, 6) is -0.0516. The van der Waals surface area contributed by atoms with Gasteiger partial charge < -0.3 is 5.32 Å². The molecule has 1 atom stereocenters. The number of benzene rings is 1. The lowest BCUT2D eigenvalue weighted by Gasteiger charge is -2.19. The first-order valence-corrected chi connectivity index (χ1v) is 8.21. The zero-order valence-corrected chi connectivity index (χ0v) is 14.2. The van der Waals surface area contributed by atoms with Gasteiger partial charge in [-0.15, -0.1) is 12.4 Å². The van der Waals surface area contributed by atoms with E-state index in [2.05, 4.69) is 5.32 Å². The van der Waals surface area contributed by atoms with Gasteiger partial charge in [-0.3, -0.25) is 0 Å². The smallest absolute Gasteiger partial charge is 0.243 e. The number of hydrogen-bond donors (Lipinski definition) is 1. The molecular formula is C14H22ClFN2O2S. The van der Waals surface area contributed by atoms with Gasteiger partial charge in [0, 0.05) is 13.1 Å². The zero-order chi connectivity index (χ0) is 14.9. The van der Waals surface area contributed by atoms with Crippen molar-refractivity contribution in [2.24, 2.45) is 5.92 Å². The molecule has 1 aromatic carbocycles. The van der Waals surface area contributed by atoms with Gasteiger partial charge in [-0.05, 0) is 63.0 Å². The van der Waals surface area contributed by atoms with Crippen LogP contribution in [0.3, 0.4) is 0 Å². The van der Waals surface area contributed by atoms with Crippen LogP contribution in [0.15, 0.2) is 17.0 Å². The molecule has 2 rings (SSSR count). The minimum Gasteiger partial charge on any atom is -0.319 e. The van der Waals surface area contributed by atoms with Crippen molar-refractivity contribution in [1.29, 1.82) is 0 Å². The predicted octanol–water partition coefficient (Wildman–Crippen LogP) is 2.09. The van der Waals surface area contributed by atoms with Crippen molar-refractivity contribution in [2.45, 2.75) is 25.2 Å². The Bertz CT molecular complexity index is 584. The molecule has 0 radical (unpaired) electrons. The number of aryl methyl sites for hydroxylation is 2. The summed E-state index contributed by atoms with van der Waals surface area (Å²) in [5, 5.41) is 3.08. The van der Waals surface area contributed by atoms with E-state index >= 15 is 0 Å². The highest BCUT2D eigenvalue weighted by Gasteiger charge is 2.34. The van der Waals surface area contributed by atoms with E-state index in [1.54, 1.807) is 13.8 Å². The Kier molecular flexibility index (Phi) is 6.16. The number of hydrogen-bond acceptors (Lipinski definition) is 3. The van der Waals surface area contributed by atoms with E-state index in [0.717, 1.165) is 13.0 Å². The average molecular weight is 337 g/mol. The molecule has 120 valence electrons. The molecule has 1 N–H and O–H groups in total. The van der Waals surface area contributed by atoms with Crippen LogP contribution < -0.4 is 5.32 Å². The van der Waals surface area contributed by atoms with Crippen LogP contribution in [0.2, 0.25) is 0 Å². The highest BCUT2D eigenvalue weighted by molar-refractivity contribution is 7.89. The summed E-state index contributed by atoms with van der Waals surface area (Å²) >= 11 is 0. The van der Waals surface area contributed by atoms with Gasteiger partial charge >= 0.3 is 0 Å². The Labute approximate surface area is 132 Å². The molecule has 0 bridgehead atoms. The van der Waals surface area contributed by atoms with E-state index in [-0.39, 0.29) is 17.3 Å².